The highest BCUT2D eigenvalue weighted by Crippen LogP contribution is 2.32. The van der Waals surface area contributed by atoms with Crippen LogP contribution >= 0.6 is 0 Å². The predicted molar refractivity (Wildman–Crippen MR) is 74.1 cm³/mol. The molecule has 0 amide bonds. The Morgan fingerprint density at radius 3 is 2.35 bits per heavy atom. The molecule has 4 nitrogen and oxygen atoms in total. The van der Waals surface area contributed by atoms with Gasteiger partial charge in [0.1, 0.15) is 5.82 Å². The van der Waals surface area contributed by atoms with Gasteiger partial charge in [-0.3, -0.25) is 0 Å². The molecule has 1 aliphatic heterocycles. The van der Waals surface area contributed by atoms with E-state index in [0.717, 1.165) is 17.2 Å². The standard InChI is InChI=1S/C15H13FN2O2/c16-12-6-13(17)11(15(19)20)5-14(12)18-7-9-3-1-2-4-10(9)8-18/h1-6H,7-8,17H2,(H,19,20). The second kappa shape index (κ2) is 4.52. The third kappa shape index (κ3) is 1.97. The Morgan fingerprint density at radius 2 is 1.80 bits per heavy atom. The molecule has 3 rings (SSSR count). The lowest BCUT2D eigenvalue weighted by Crippen LogP contribution is -2.17. The summed E-state index contributed by atoms with van der Waals surface area (Å²) >= 11 is 0. The molecule has 2 aromatic carbocycles. The maximum Gasteiger partial charge on any atom is 0.337 e. The van der Waals surface area contributed by atoms with Gasteiger partial charge in [0.15, 0.2) is 0 Å². The van der Waals surface area contributed by atoms with Crippen molar-refractivity contribution in [3.63, 3.8) is 0 Å². The first-order valence-corrected chi connectivity index (χ1v) is 6.20. The van der Waals surface area contributed by atoms with Gasteiger partial charge in [-0.25, -0.2) is 9.18 Å². The Hall–Kier alpha value is -2.56. The number of rotatable bonds is 2. The van der Waals surface area contributed by atoms with Crippen molar-refractivity contribution in [3.8, 4) is 0 Å². The largest absolute Gasteiger partial charge is 0.478 e. The number of anilines is 2. The number of nitrogens with two attached hydrogens (primary N) is 1. The second-order valence-corrected chi connectivity index (χ2v) is 4.82. The minimum atomic E-state index is -1.15. The van der Waals surface area contributed by atoms with Crippen LogP contribution in [0.1, 0.15) is 21.5 Å². The summed E-state index contributed by atoms with van der Waals surface area (Å²) in [6, 6.07) is 10.2. The summed E-state index contributed by atoms with van der Waals surface area (Å²) in [6.07, 6.45) is 0. The van der Waals surface area contributed by atoms with Gasteiger partial charge in [-0.15, -0.1) is 0 Å². The topological polar surface area (TPSA) is 66.6 Å². The molecule has 0 fully saturated rings. The number of carbonyl (C=O) groups is 1. The molecule has 0 unspecified atom stereocenters. The van der Waals surface area contributed by atoms with Gasteiger partial charge in [0.05, 0.1) is 11.3 Å². The number of carboxylic acid groups (broad SMARTS) is 1. The van der Waals surface area contributed by atoms with Crippen LogP contribution in [0.15, 0.2) is 36.4 Å². The summed E-state index contributed by atoms with van der Waals surface area (Å²) < 4.78 is 14.1. The highest BCUT2D eigenvalue weighted by atomic mass is 19.1. The first-order valence-electron chi connectivity index (χ1n) is 6.20. The Morgan fingerprint density at radius 1 is 1.20 bits per heavy atom. The lowest BCUT2D eigenvalue weighted by atomic mass is 10.1. The predicted octanol–water partition coefficient (Wildman–Crippen LogP) is 2.63. The van der Waals surface area contributed by atoms with Gasteiger partial charge in [-0.1, -0.05) is 24.3 Å². The van der Waals surface area contributed by atoms with Crippen molar-refractivity contribution in [1.82, 2.24) is 0 Å². The SMILES string of the molecule is Nc1cc(F)c(N2Cc3ccccc3C2)cc1C(=O)O. The minimum Gasteiger partial charge on any atom is -0.478 e. The van der Waals surface area contributed by atoms with E-state index in [4.69, 9.17) is 10.8 Å². The van der Waals surface area contributed by atoms with Crippen molar-refractivity contribution in [2.24, 2.45) is 0 Å². The van der Waals surface area contributed by atoms with Crippen LogP contribution in [0.5, 0.6) is 0 Å². The van der Waals surface area contributed by atoms with E-state index in [1.807, 2.05) is 29.2 Å². The number of nitrogens with zero attached hydrogens (tertiary/aromatic N) is 1. The molecule has 0 atom stereocenters. The van der Waals surface area contributed by atoms with Crippen LogP contribution in [0.25, 0.3) is 0 Å². The lowest BCUT2D eigenvalue weighted by Gasteiger charge is -2.19. The van der Waals surface area contributed by atoms with Crippen LogP contribution in [0.2, 0.25) is 0 Å². The molecule has 0 spiro atoms. The molecule has 3 N–H and O–H groups in total. The van der Waals surface area contributed by atoms with E-state index in [2.05, 4.69) is 0 Å². The fourth-order valence-electron chi connectivity index (χ4n) is 2.51. The first kappa shape index (κ1) is 12.5. The van der Waals surface area contributed by atoms with Crippen LogP contribution < -0.4 is 10.6 Å². The molecule has 2 aromatic rings. The van der Waals surface area contributed by atoms with E-state index in [-0.39, 0.29) is 16.9 Å². The van der Waals surface area contributed by atoms with Gasteiger partial charge in [0.2, 0.25) is 0 Å². The molecule has 5 heteroatoms. The molecular weight excluding hydrogens is 259 g/mol. The molecule has 20 heavy (non-hydrogen) atoms. The van der Waals surface area contributed by atoms with Gasteiger partial charge in [0, 0.05) is 18.8 Å². The Kier molecular flexibility index (Phi) is 2.82. The van der Waals surface area contributed by atoms with Crippen molar-refractivity contribution in [3.05, 3.63) is 58.9 Å². The van der Waals surface area contributed by atoms with E-state index >= 15 is 0 Å². The molecule has 1 heterocycles. The summed E-state index contributed by atoms with van der Waals surface area (Å²) in [7, 11) is 0. The zero-order valence-electron chi connectivity index (χ0n) is 10.6. The maximum atomic E-state index is 14.1. The van der Waals surface area contributed by atoms with Crippen molar-refractivity contribution in [2.75, 3.05) is 10.6 Å². The number of benzene rings is 2. The van der Waals surface area contributed by atoms with Gasteiger partial charge < -0.3 is 15.7 Å². The van der Waals surface area contributed by atoms with E-state index < -0.39 is 11.8 Å². The maximum absolute atomic E-state index is 14.1. The van der Waals surface area contributed by atoms with Crippen molar-refractivity contribution >= 4 is 17.3 Å². The van der Waals surface area contributed by atoms with Gasteiger partial charge in [0.25, 0.3) is 0 Å². The third-order valence-corrected chi connectivity index (χ3v) is 3.53. The van der Waals surface area contributed by atoms with Gasteiger partial charge in [-0.2, -0.15) is 0 Å². The highest BCUT2D eigenvalue weighted by Gasteiger charge is 2.23. The average Bonchev–Trinajstić information content (AvgIpc) is 2.81. The summed E-state index contributed by atoms with van der Waals surface area (Å²) in [5.41, 5.74) is 7.93. The molecule has 102 valence electrons. The van der Waals surface area contributed by atoms with Gasteiger partial charge >= 0.3 is 5.97 Å². The number of hydrogen-bond acceptors (Lipinski definition) is 3. The van der Waals surface area contributed by atoms with Gasteiger partial charge in [-0.05, 0) is 23.3 Å². The van der Waals surface area contributed by atoms with Crippen LogP contribution in [0.3, 0.4) is 0 Å². The molecule has 0 aromatic heterocycles. The molecule has 0 saturated heterocycles. The fourth-order valence-corrected chi connectivity index (χ4v) is 2.51. The molecule has 0 bridgehead atoms. The lowest BCUT2D eigenvalue weighted by molar-refractivity contribution is 0.0698. The zero-order valence-corrected chi connectivity index (χ0v) is 10.6. The summed E-state index contributed by atoms with van der Waals surface area (Å²) in [5.74, 6) is -1.65. The monoisotopic (exact) mass is 272 g/mol. The number of fused-ring (bicyclic) bond motifs is 1. The number of halogens is 1. The summed E-state index contributed by atoms with van der Waals surface area (Å²) in [5, 5.41) is 9.08. The van der Waals surface area contributed by atoms with Crippen LogP contribution in [-0.4, -0.2) is 11.1 Å². The molecule has 1 aliphatic rings. The average molecular weight is 272 g/mol. The van der Waals surface area contributed by atoms with Crippen molar-refractivity contribution in [2.45, 2.75) is 13.1 Å². The minimum absolute atomic E-state index is 0.0598. The fraction of sp³-hybridized carbons (Fsp3) is 0.133. The second-order valence-electron chi connectivity index (χ2n) is 4.82. The molecule has 0 saturated carbocycles. The van der Waals surface area contributed by atoms with Crippen LogP contribution in [-0.2, 0) is 13.1 Å². The normalized spacial score (nSPS) is 13.3. The zero-order chi connectivity index (χ0) is 14.3. The van der Waals surface area contributed by atoms with Crippen molar-refractivity contribution < 1.29 is 14.3 Å². The Balaban J connectivity index is 2.00. The molecule has 0 aliphatic carbocycles. The Bertz CT molecular complexity index is 675. The smallest absolute Gasteiger partial charge is 0.337 e. The van der Waals surface area contributed by atoms with Crippen LogP contribution in [0, 0.1) is 5.82 Å². The number of hydrogen-bond donors (Lipinski definition) is 2. The van der Waals surface area contributed by atoms with E-state index in [1.165, 1.54) is 6.07 Å². The van der Waals surface area contributed by atoms with E-state index in [9.17, 15) is 9.18 Å². The number of nitrogen functional groups attached to an aromatic ring is 1. The highest BCUT2D eigenvalue weighted by molar-refractivity contribution is 5.95. The number of aromatic carboxylic acids is 1. The molecule has 0 radical (unpaired) electrons. The third-order valence-electron chi connectivity index (χ3n) is 3.53. The van der Waals surface area contributed by atoms with Crippen molar-refractivity contribution in [1.29, 1.82) is 0 Å². The molecular formula is C15H13FN2O2. The van der Waals surface area contributed by atoms with E-state index in [0.29, 0.717) is 13.1 Å². The summed E-state index contributed by atoms with van der Waals surface area (Å²) in [4.78, 5) is 12.9. The quantitative estimate of drug-likeness (QED) is 0.825. The Labute approximate surface area is 115 Å². The summed E-state index contributed by atoms with van der Waals surface area (Å²) in [6.45, 7) is 1.13. The van der Waals surface area contributed by atoms with Crippen LogP contribution in [0.4, 0.5) is 15.8 Å². The first-order chi connectivity index (χ1) is 9.56. The van der Waals surface area contributed by atoms with E-state index in [1.54, 1.807) is 0 Å². The number of carboxylic acids is 1.